The first-order chi connectivity index (χ1) is 13.4. The zero-order valence-electron chi connectivity index (χ0n) is 17.0. The molecule has 1 saturated heterocycles. The van der Waals surface area contributed by atoms with Crippen molar-refractivity contribution in [2.75, 3.05) is 33.7 Å². The Labute approximate surface area is 168 Å². The molecule has 160 valence electrons. The van der Waals surface area contributed by atoms with Gasteiger partial charge in [0.15, 0.2) is 0 Å². The molecular formula is C20H26F3N3O3. The summed E-state index contributed by atoms with van der Waals surface area (Å²) in [6.07, 6.45) is -4.05. The Kier molecular flexibility index (Phi) is 5.44. The van der Waals surface area contributed by atoms with Gasteiger partial charge in [0.2, 0.25) is 5.91 Å². The Bertz CT molecular complexity index is 777. The number of amides is 3. The Balaban J connectivity index is 1.62. The first kappa shape index (κ1) is 21.3. The summed E-state index contributed by atoms with van der Waals surface area (Å²) in [5.41, 5.74) is 0.343. The molecular weight excluding hydrogens is 387 g/mol. The number of alkyl halides is 3. The molecule has 0 unspecified atom stereocenters. The third kappa shape index (κ3) is 4.76. The molecule has 29 heavy (non-hydrogen) atoms. The van der Waals surface area contributed by atoms with Gasteiger partial charge in [-0.3, -0.25) is 4.79 Å². The highest BCUT2D eigenvalue weighted by Crippen LogP contribution is 2.49. The molecule has 0 spiro atoms. The maximum atomic E-state index is 13.1. The van der Waals surface area contributed by atoms with E-state index in [1.807, 2.05) is 18.7 Å². The van der Waals surface area contributed by atoms with Gasteiger partial charge >= 0.3 is 12.4 Å². The van der Waals surface area contributed by atoms with E-state index in [1.54, 1.807) is 31.1 Å². The minimum Gasteiger partial charge on any atom is -0.406 e. The Morgan fingerprint density at radius 2 is 1.76 bits per heavy atom. The van der Waals surface area contributed by atoms with Crippen LogP contribution in [0.1, 0.15) is 31.7 Å². The molecule has 1 aromatic rings. The highest BCUT2D eigenvalue weighted by atomic mass is 19.4. The van der Waals surface area contributed by atoms with Crippen molar-refractivity contribution in [2.24, 2.45) is 5.92 Å². The summed E-state index contributed by atoms with van der Waals surface area (Å²) in [6.45, 7) is 5.29. The zero-order chi connectivity index (χ0) is 21.6. The van der Waals surface area contributed by atoms with Crippen molar-refractivity contribution >= 4 is 11.9 Å². The molecule has 2 atom stereocenters. The van der Waals surface area contributed by atoms with Gasteiger partial charge in [0.1, 0.15) is 5.75 Å². The maximum Gasteiger partial charge on any atom is 0.573 e. The fourth-order valence-corrected chi connectivity index (χ4v) is 3.96. The van der Waals surface area contributed by atoms with E-state index >= 15 is 0 Å². The molecule has 3 amide bonds. The number of rotatable bonds is 3. The second-order valence-electron chi connectivity index (χ2n) is 8.47. The van der Waals surface area contributed by atoms with Gasteiger partial charge in [-0.15, -0.1) is 13.2 Å². The van der Waals surface area contributed by atoms with Crippen molar-refractivity contribution < 1.29 is 27.5 Å². The Hall–Kier alpha value is -2.45. The van der Waals surface area contributed by atoms with Crippen molar-refractivity contribution in [1.82, 2.24) is 14.7 Å². The van der Waals surface area contributed by atoms with Crippen LogP contribution in [-0.2, 0) is 4.79 Å². The van der Waals surface area contributed by atoms with E-state index in [0.717, 1.165) is 5.56 Å². The first-order valence-corrected chi connectivity index (χ1v) is 9.52. The van der Waals surface area contributed by atoms with Crippen molar-refractivity contribution in [3.8, 4) is 5.75 Å². The number of carbonyl (C=O) groups is 2. The standard InChI is InChI=1S/C20H26F3N3O3/c1-19(2)12-25(18(28)24(3)4)9-10-26(19)17(27)16-11-15(16)13-5-7-14(8-6-13)29-20(21,22)23/h5-8,15-16H,9-12H2,1-4H3/t15-,16+/m0/s1. The molecule has 0 bridgehead atoms. The van der Waals surface area contributed by atoms with Gasteiger partial charge in [-0.1, -0.05) is 12.1 Å². The van der Waals surface area contributed by atoms with Gasteiger partial charge in [0, 0.05) is 39.6 Å². The van der Waals surface area contributed by atoms with Crippen molar-refractivity contribution in [2.45, 2.75) is 38.1 Å². The molecule has 3 rings (SSSR count). The largest absolute Gasteiger partial charge is 0.573 e. The van der Waals surface area contributed by atoms with Crippen LogP contribution >= 0.6 is 0 Å². The van der Waals surface area contributed by atoms with Crippen LogP contribution in [0.3, 0.4) is 0 Å². The molecule has 1 aromatic carbocycles. The minimum atomic E-state index is -4.72. The third-order valence-electron chi connectivity index (χ3n) is 5.47. The second-order valence-corrected chi connectivity index (χ2v) is 8.47. The minimum absolute atomic E-state index is 0.000302. The SMILES string of the molecule is CN(C)C(=O)N1CCN(C(=O)[C@@H]2C[C@H]2c2ccc(OC(F)(F)F)cc2)C(C)(C)C1. The lowest BCUT2D eigenvalue weighted by Crippen LogP contribution is -2.63. The molecule has 0 radical (unpaired) electrons. The van der Waals surface area contributed by atoms with E-state index in [1.165, 1.54) is 17.0 Å². The van der Waals surface area contributed by atoms with Gasteiger partial charge < -0.3 is 19.4 Å². The van der Waals surface area contributed by atoms with E-state index in [2.05, 4.69) is 4.74 Å². The molecule has 2 aliphatic rings. The average Bonchev–Trinajstić information content (AvgIpc) is 3.39. The number of ether oxygens (including phenoxy) is 1. The van der Waals surface area contributed by atoms with Crippen LogP contribution in [0.4, 0.5) is 18.0 Å². The van der Waals surface area contributed by atoms with Gasteiger partial charge in [-0.2, -0.15) is 0 Å². The monoisotopic (exact) mass is 413 g/mol. The molecule has 2 fully saturated rings. The van der Waals surface area contributed by atoms with Crippen LogP contribution in [0.25, 0.3) is 0 Å². The fourth-order valence-electron chi connectivity index (χ4n) is 3.96. The Morgan fingerprint density at radius 3 is 2.28 bits per heavy atom. The summed E-state index contributed by atoms with van der Waals surface area (Å²) in [7, 11) is 3.40. The summed E-state index contributed by atoms with van der Waals surface area (Å²) < 4.78 is 40.7. The molecule has 1 heterocycles. The number of urea groups is 1. The summed E-state index contributed by atoms with van der Waals surface area (Å²) in [5.74, 6) is -0.417. The van der Waals surface area contributed by atoms with Crippen LogP contribution in [0.5, 0.6) is 5.75 Å². The fraction of sp³-hybridized carbons (Fsp3) is 0.600. The van der Waals surface area contributed by atoms with E-state index in [4.69, 9.17) is 0 Å². The summed E-state index contributed by atoms with van der Waals surface area (Å²) in [5, 5.41) is 0. The lowest BCUT2D eigenvalue weighted by Gasteiger charge is -2.47. The molecule has 6 nitrogen and oxygen atoms in total. The first-order valence-electron chi connectivity index (χ1n) is 9.52. The normalized spacial score (nSPS) is 23.6. The average molecular weight is 413 g/mol. The van der Waals surface area contributed by atoms with Crippen molar-refractivity contribution in [3.63, 3.8) is 0 Å². The lowest BCUT2D eigenvalue weighted by molar-refractivity contribution is -0.274. The number of halogens is 3. The molecule has 0 aromatic heterocycles. The molecule has 1 aliphatic carbocycles. The lowest BCUT2D eigenvalue weighted by atomic mass is 9.97. The van der Waals surface area contributed by atoms with E-state index < -0.39 is 11.9 Å². The predicted octanol–water partition coefficient (Wildman–Crippen LogP) is 3.29. The summed E-state index contributed by atoms with van der Waals surface area (Å²) in [4.78, 5) is 30.4. The number of benzene rings is 1. The van der Waals surface area contributed by atoms with Gasteiger partial charge in [-0.25, -0.2) is 4.79 Å². The molecule has 9 heteroatoms. The van der Waals surface area contributed by atoms with Crippen LogP contribution in [0.2, 0.25) is 0 Å². The van der Waals surface area contributed by atoms with E-state index in [9.17, 15) is 22.8 Å². The molecule has 1 saturated carbocycles. The maximum absolute atomic E-state index is 13.1. The van der Waals surface area contributed by atoms with Crippen LogP contribution in [-0.4, -0.2) is 72.3 Å². The molecule has 0 N–H and O–H groups in total. The van der Waals surface area contributed by atoms with Gasteiger partial charge in [0.05, 0.1) is 5.54 Å². The van der Waals surface area contributed by atoms with E-state index in [0.29, 0.717) is 26.1 Å². The second kappa shape index (κ2) is 7.42. The van der Waals surface area contributed by atoms with Crippen LogP contribution in [0, 0.1) is 5.92 Å². The third-order valence-corrected chi connectivity index (χ3v) is 5.47. The number of piperazine rings is 1. The number of hydrogen-bond donors (Lipinski definition) is 0. The quantitative estimate of drug-likeness (QED) is 0.764. The summed E-state index contributed by atoms with van der Waals surface area (Å²) >= 11 is 0. The summed E-state index contributed by atoms with van der Waals surface area (Å²) in [6, 6.07) is 5.64. The Morgan fingerprint density at radius 1 is 1.14 bits per heavy atom. The van der Waals surface area contributed by atoms with Gasteiger partial charge in [0.25, 0.3) is 0 Å². The van der Waals surface area contributed by atoms with Crippen LogP contribution in [0.15, 0.2) is 24.3 Å². The van der Waals surface area contributed by atoms with Crippen molar-refractivity contribution in [3.05, 3.63) is 29.8 Å². The van der Waals surface area contributed by atoms with Crippen molar-refractivity contribution in [1.29, 1.82) is 0 Å². The van der Waals surface area contributed by atoms with E-state index in [-0.39, 0.29) is 29.5 Å². The highest BCUT2D eigenvalue weighted by molar-refractivity contribution is 5.84. The van der Waals surface area contributed by atoms with Crippen LogP contribution < -0.4 is 4.74 Å². The number of hydrogen-bond acceptors (Lipinski definition) is 3. The smallest absolute Gasteiger partial charge is 0.406 e. The zero-order valence-corrected chi connectivity index (χ0v) is 17.0. The van der Waals surface area contributed by atoms with Gasteiger partial charge in [-0.05, 0) is 43.9 Å². The predicted molar refractivity (Wildman–Crippen MR) is 100 cm³/mol. The highest BCUT2D eigenvalue weighted by Gasteiger charge is 2.49. The number of nitrogens with zero attached hydrogens (tertiary/aromatic N) is 3. The number of carbonyl (C=O) groups excluding carboxylic acids is 2. The molecule has 1 aliphatic heterocycles. The topological polar surface area (TPSA) is 53.1 Å².